The normalized spacial score (nSPS) is 14.9. The molecule has 4 N–H and O–H groups in total. The fraction of sp³-hybridized carbons (Fsp3) is 0.500. The van der Waals surface area contributed by atoms with E-state index in [1.54, 1.807) is 12.1 Å². The van der Waals surface area contributed by atoms with E-state index in [1.807, 2.05) is 0 Å². The Morgan fingerprint density at radius 1 is 1.53 bits per heavy atom. The van der Waals surface area contributed by atoms with E-state index in [9.17, 15) is 15.0 Å². The fourth-order valence-electron chi connectivity index (χ4n) is 1.22. The summed E-state index contributed by atoms with van der Waals surface area (Å²) in [5.41, 5.74) is 5.28. The number of carbonyl (C=O) groups excluding carboxylic acids is 1. The molecule has 0 bridgehead atoms. The van der Waals surface area contributed by atoms with Crippen molar-refractivity contribution in [3.05, 3.63) is 21.9 Å². The number of ketones is 1. The Hall–Kier alpha value is -0.750. The SMILES string of the molecule is CC(=O)c1ccc(C(O)C(O)CCN)s1. The van der Waals surface area contributed by atoms with Crippen LogP contribution >= 0.6 is 11.3 Å². The van der Waals surface area contributed by atoms with Crippen LogP contribution in [0.3, 0.4) is 0 Å². The van der Waals surface area contributed by atoms with Gasteiger partial charge in [0.25, 0.3) is 0 Å². The topological polar surface area (TPSA) is 83.5 Å². The van der Waals surface area contributed by atoms with Gasteiger partial charge < -0.3 is 15.9 Å². The van der Waals surface area contributed by atoms with Crippen LogP contribution < -0.4 is 5.73 Å². The molecule has 0 saturated carbocycles. The zero-order valence-corrected chi connectivity index (χ0v) is 9.33. The molecule has 0 amide bonds. The third-order valence-corrected chi connectivity index (χ3v) is 3.35. The number of hydrogen-bond acceptors (Lipinski definition) is 5. The summed E-state index contributed by atoms with van der Waals surface area (Å²) in [5.74, 6) is -0.0354. The van der Waals surface area contributed by atoms with Crippen LogP contribution in [0.25, 0.3) is 0 Å². The average molecular weight is 229 g/mol. The van der Waals surface area contributed by atoms with E-state index in [0.29, 0.717) is 22.7 Å². The maximum absolute atomic E-state index is 11.0. The summed E-state index contributed by atoms with van der Waals surface area (Å²) >= 11 is 1.20. The first kappa shape index (κ1) is 12.3. The highest BCUT2D eigenvalue weighted by molar-refractivity contribution is 7.14. The zero-order valence-electron chi connectivity index (χ0n) is 8.51. The summed E-state index contributed by atoms with van der Waals surface area (Å²) in [6.45, 7) is 1.79. The molecule has 1 heterocycles. The maximum Gasteiger partial charge on any atom is 0.169 e. The molecular formula is C10H15NO3S. The number of carbonyl (C=O) groups is 1. The fourth-order valence-corrected chi connectivity index (χ4v) is 2.17. The van der Waals surface area contributed by atoms with Gasteiger partial charge in [-0.25, -0.2) is 0 Å². The van der Waals surface area contributed by atoms with Gasteiger partial charge in [-0.3, -0.25) is 4.79 Å². The molecule has 1 rings (SSSR count). The van der Waals surface area contributed by atoms with Gasteiger partial charge in [0, 0.05) is 4.88 Å². The standard InChI is InChI=1S/C10H15NO3S/c1-6(12)8-2-3-9(15-8)10(14)7(13)4-5-11/h2-3,7,10,13-14H,4-5,11H2,1H3. The smallest absolute Gasteiger partial charge is 0.169 e. The lowest BCUT2D eigenvalue weighted by Gasteiger charge is -2.15. The maximum atomic E-state index is 11.0. The van der Waals surface area contributed by atoms with Crippen molar-refractivity contribution in [2.45, 2.75) is 25.6 Å². The minimum atomic E-state index is -0.952. The predicted octanol–water partition coefficient (Wildman–Crippen LogP) is 0.694. The number of hydrogen-bond donors (Lipinski definition) is 3. The summed E-state index contributed by atoms with van der Waals surface area (Å²) in [6, 6.07) is 3.31. The van der Waals surface area contributed by atoms with Crippen LogP contribution in [0, 0.1) is 0 Å². The van der Waals surface area contributed by atoms with E-state index in [4.69, 9.17) is 5.73 Å². The first-order valence-electron chi connectivity index (χ1n) is 4.73. The van der Waals surface area contributed by atoms with E-state index < -0.39 is 12.2 Å². The molecular weight excluding hydrogens is 214 g/mol. The van der Waals surface area contributed by atoms with Crippen LogP contribution in [0.15, 0.2) is 12.1 Å². The summed E-state index contributed by atoms with van der Waals surface area (Å²) in [7, 11) is 0. The molecule has 0 spiro atoms. The van der Waals surface area contributed by atoms with Crippen LogP contribution in [-0.4, -0.2) is 28.6 Å². The summed E-state index contributed by atoms with van der Waals surface area (Å²) < 4.78 is 0. The molecule has 1 aromatic heterocycles. The summed E-state index contributed by atoms with van der Waals surface area (Å²) in [6.07, 6.45) is -1.48. The van der Waals surface area contributed by atoms with E-state index in [2.05, 4.69) is 0 Å². The number of aliphatic hydroxyl groups excluding tert-OH is 2. The Kier molecular flexibility index (Phi) is 4.41. The molecule has 84 valence electrons. The van der Waals surface area contributed by atoms with Gasteiger partial charge in [0.1, 0.15) is 6.10 Å². The summed E-state index contributed by atoms with van der Waals surface area (Å²) in [4.78, 5) is 12.2. The molecule has 0 radical (unpaired) electrons. The van der Waals surface area contributed by atoms with Crippen molar-refractivity contribution in [3.63, 3.8) is 0 Å². The Morgan fingerprint density at radius 3 is 2.67 bits per heavy atom. The lowest BCUT2D eigenvalue weighted by molar-refractivity contribution is 0.0171. The van der Waals surface area contributed by atoms with Crippen molar-refractivity contribution in [1.29, 1.82) is 0 Å². The van der Waals surface area contributed by atoms with Crippen molar-refractivity contribution in [1.82, 2.24) is 0 Å². The van der Waals surface area contributed by atoms with Gasteiger partial charge in [-0.05, 0) is 32.0 Å². The Labute approximate surface area is 92.4 Å². The molecule has 0 aliphatic carbocycles. The molecule has 0 fully saturated rings. The molecule has 1 aromatic rings. The highest BCUT2D eigenvalue weighted by Gasteiger charge is 2.19. The lowest BCUT2D eigenvalue weighted by atomic mass is 10.1. The molecule has 2 atom stereocenters. The molecule has 0 aliphatic rings. The van der Waals surface area contributed by atoms with E-state index in [1.165, 1.54) is 18.3 Å². The average Bonchev–Trinajstić information content (AvgIpc) is 2.65. The molecule has 0 saturated heterocycles. The highest BCUT2D eigenvalue weighted by Crippen LogP contribution is 2.26. The first-order valence-corrected chi connectivity index (χ1v) is 5.54. The predicted molar refractivity (Wildman–Crippen MR) is 59.0 cm³/mol. The minimum absolute atomic E-state index is 0.0354. The zero-order chi connectivity index (χ0) is 11.4. The van der Waals surface area contributed by atoms with Gasteiger partial charge >= 0.3 is 0 Å². The number of rotatable bonds is 5. The molecule has 4 nitrogen and oxygen atoms in total. The van der Waals surface area contributed by atoms with Gasteiger partial charge in [0.05, 0.1) is 11.0 Å². The van der Waals surface area contributed by atoms with Gasteiger partial charge in [0.2, 0.25) is 0 Å². The van der Waals surface area contributed by atoms with Crippen LogP contribution in [0.5, 0.6) is 0 Å². The second-order valence-electron chi connectivity index (χ2n) is 3.35. The highest BCUT2D eigenvalue weighted by atomic mass is 32.1. The summed E-state index contributed by atoms with van der Waals surface area (Å²) in [5, 5.41) is 19.2. The van der Waals surface area contributed by atoms with E-state index in [-0.39, 0.29) is 5.78 Å². The van der Waals surface area contributed by atoms with Crippen LogP contribution in [0.4, 0.5) is 0 Å². The van der Waals surface area contributed by atoms with Crippen molar-refractivity contribution in [2.24, 2.45) is 5.73 Å². The van der Waals surface area contributed by atoms with Gasteiger partial charge in [-0.1, -0.05) is 0 Å². The minimum Gasteiger partial charge on any atom is -0.390 e. The molecule has 2 unspecified atom stereocenters. The first-order chi connectivity index (χ1) is 7.06. The molecule has 0 aliphatic heterocycles. The van der Waals surface area contributed by atoms with Crippen molar-refractivity contribution in [3.8, 4) is 0 Å². The molecule has 15 heavy (non-hydrogen) atoms. The van der Waals surface area contributed by atoms with Crippen LogP contribution in [-0.2, 0) is 0 Å². The van der Waals surface area contributed by atoms with E-state index >= 15 is 0 Å². The monoisotopic (exact) mass is 229 g/mol. The third kappa shape index (κ3) is 3.10. The van der Waals surface area contributed by atoms with Gasteiger partial charge in [0.15, 0.2) is 5.78 Å². The van der Waals surface area contributed by atoms with Gasteiger partial charge in [-0.2, -0.15) is 0 Å². The van der Waals surface area contributed by atoms with Crippen molar-refractivity contribution in [2.75, 3.05) is 6.54 Å². The van der Waals surface area contributed by atoms with Crippen LogP contribution in [0.2, 0.25) is 0 Å². The largest absolute Gasteiger partial charge is 0.390 e. The van der Waals surface area contributed by atoms with Crippen molar-refractivity contribution < 1.29 is 15.0 Å². The van der Waals surface area contributed by atoms with Gasteiger partial charge in [-0.15, -0.1) is 11.3 Å². The molecule has 5 heteroatoms. The lowest BCUT2D eigenvalue weighted by Crippen LogP contribution is -2.20. The van der Waals surface area contributed by atoms with E-state index in [0.717, 1.165) is 0 Å². The third-order valence-electron chi connectivity index (χ3n) is 2.09. The molecule has 0 aromatic carbocycles. The number of Topliss-reactive ketones (excluding diaryl/α,β-unsaturated/α-hetero) is 1. The van der Waals surface area contributed by atoms with Crippen LogP contribution in [0.1, 0.15) is 34.0 Å². The van der Waals surface area contributed by atoms with Crippen molar-refractivity contribution >= 4 is 17.1 Å². The quantitative estimate of drug-likeness (QED) is 0.649. The second-order valence-corrected chi connectivity index (χ2v) is 4.46. The Morgan fingerprint density at radius 2 is 2.20 bits per heavy atom. The number of thiophene rings is 1. The second kappa shape index (κ2) is 5.37. The Bertz CT molecular complexity index is 337. The number of nitrogens with two attached hydrogens (primary N) is 1. The Balaban J connectivity index is 2.73. The number of aliphatic hydroxyl groups is 2.